The quantitative estimate of drug-likeness (QED) is 0.700. The third-order valence-electron chi connectivity index (χ3n) is 3.37. The Morgan fingerprint density at radius 2 is 1.07 bits per heavy atom. The summed E-state index contributed by atoms with van der Waals surface area (Å²) >= 11 is 0. The molecule has 2 aliphatic carbocycles. The van der Waals surface area contributed by atoms with E-state index in [0.717, 1.165) is 25.7 Å². The molecule has 0 bridgehead atoms. The van der Waals surface area contributed by atoms with Crippen molar-refractivity contribution in [2.45, 2.75) is 63.6 Å². The third-order valence-corrected chi connectivity index (χ3v) is 3.37. The predicted octanol–water partition coefficient (Wildman–Crippen LogP) is 2.03. The predicted molar refractivity (Wildman–Crippen MR) is 55.6 cm³/mol. The van der Waals surface area contributed by atoms with E-state index in [1.807, 2.05) is 0 Å². The average Bonchev–Trinajstić information content (AvgIpc) is 2.25. The van der Waals surface area contributed by atoms with Crippen molar-refractivity contribution in [1.29, 1.82) is 0 Å². The molecular formula is C12H18O3. The molecule has 84 valence electrons. The second-order valence-electron chi connectivity index (χ2n) is 4.61. The van der Waals surface area contributed by atoms with Gasteiger partial charge in [0, 0.05) is 25.7 Å². The molecule has 0 spiro atoms. The van der Waals surface area contributed by atoms with Gasteiger partial charge in [0.25, 0.3) is 0 Å². The van der Waals surface area contributed by atoms with Gasteiger partial charge in [0.1, 0.15) is 11.6 Å². The molecule has 0 unspecified atom stereocenters. The maximum atomic E-state index is 11.0. The highest BCUT2D eigenvalue weighted by molar-refractivity contribution is 5.79. The van der Waals surface area contributed by atoms with Crippen LogP contribution in [0.15, 0.2) is 0 Å². The maximum absolute atomic E-state index is 11.0. The van der Waals surface area contributed by atoms with Crippen LogP contribution in [0.5, 0.6) is 0 Å². The molecule has 0 saturated heterocycles. The fraction of sp³-hybridized carbons (Fsp3) is 0.833. The monoisotopic (exact) mass is 210 g/mol. The molecule has 0 heterocycles. The Bertz CT molecular complexity index is 214. The molecule has 0 aromatic carbocycles. The Balaban J connectivity index is 1.72. The first-order chi connectivity index (χ1) is 7.24. The van der Waals surface area contributed by atoms with E-state index in [-0.39, 0.29) is 12.2 Å². The summed E-state index contributed by atoms with van der Waals surface area (Å²) in [5, 5.41) is 0. The first-order valence-electron chi connectivity index (χ1n) is 5.93. The summed E-state index contributed by atoms with van der Waals surface area (Å²) in [5.74, 6) is 0.738. The molecule has 3 nitrogen and oxygen atoms in total. The van der Waals surface area contributed by atoms with E-state index >= 15 is 0 Å². The van der Waals surface area contributed by atoms with Crippen molar-refractivity contribution < 1.29 is 14.3 Å². The Kier molecular flexibility index (Phi) is 3.52. The minimum absolute atomic E-state index is 0.265. The largest absolute Gasteiger partial charge is 0.375 e. The van der Waals surface area contributed by atoms with Gasteiger partial charge in [-0.15, -0.1) is 0 Å². The Morgan fingerprint density at radius 1 is 0.733 bits per heavy atom. The number of ketones is 2. The first kappa shape index (κ1) is 10.8. The molecule has 0 N–H and O–H groups in total. The van der Waals surface area contributed by atoms with E-state index in [2.05, 4.69) is 0 Å². The van der Waals surface area contributed by atoms with Crippen molar-refractivity contribution in [3.8, 4) is 0 Å². The summed E-state index contributed by atoms with van der Waals surface area (Å²) in [5.41, 5.74) is 0. The molecule has 0 aromatic rings. The van der Waals surface area contributed by atoms with Crippen LogP contribution in [0.3, 0.4) is 0 Å². The highest BCUT2D eigenvalue weighted by atomic mass is 16.5. The minimum atomic E-state index is 0.265. The van der Waals surface area contributed by atoms with Gasteiger partial charge in [-0.1, -0.05) is 0 Å². The molecule has 0 radical (unpaired) electrons. The maximum Gasteiger partial charge on any atom is 0.133 e. The molecular weight excluding hydrogens is 192 g/mol. The van der Waals surface area contributed by atoms with Crippen LogP contribution in [-0.4, -0.2) is 23.8 Å². The molecule has 0 amide bonds. The van der Waals surface area contributed by atoms with Crippen molar-refractivity contribution >= 4 is 11.6 Å². The van der Waals surface area contributed by atoms with Gasteiger partial charge in [-0.2, -0.15) is 0 Å². The lowest BCUT2D eigenvalue weighted by Gasteiger charge is -2.29. The number of rotatable bonds is 2. The van der Waals surface area contributed by atoms with Crippen molar-refractivity contribution in [3.05, 3.63) is 0 Å². The SMILES string of the molecule is O=C1CCC(OC2CCC(=O)CC2)CC1. The van der Waals surface area contributed by atoms with Gasteiger partial charge in [0.15, 0.2) is 0 Å². The Morgan fingerprint density at radius 3 is 1.40 bits per heavy atom. The molecule has 0 aromatic heterocycles. The van der Waals surface area contributed by atoms with E-state index < -0.39 is 0 Å². The molecule has 2 aliphatic rings. The molecule has 3 heteroatoms. The summed E-state index contributed by atoms with van der Waals surface area (Å²) in [4.78, 5) is 22.1. The van der Waals surface area contributed by atoms with Crippen LogP contribution in [0.25, 0.3) is 0 Å². The van der Waals surface area contributed by atoms with E-state index in [1.165, 1.54) is 0 Å². The van der Waals surface area contributed by atoms with Crippen molar-refractivity contribution in [2.24, 2.45) is 0 Å². The normalized spacial score (nSPS) is 25.9. The van der Waals surface area contributed by atoms with Gasteiger partial charge in [0.05, 0.1) is 12.2 Å². The highest BCUT2D eigenvalue weighted by Crippen LogP contribution is 2.24. The van der Waals surface area contributed by atoms with E-state index in [0.29, 0.717) is 37.2 Å². The summed E-state index contributed by atoms with van der Waals surface area (Å²) in [6.07, 6.45) is 6.75. The van der Waals surface area contributed by atoms with Crippen LogP contribution < -0.4 is 0 Å². The number of ether oxygens (including phenoxy) is 1. The minimum Gasteiger partial charge on any atom is -0.375 e. The molecule has 2 saturated carbocycles. The molecule has 2 rings (SSSR count). The topological polar surface area (TPSA) is 43.4 Å². The molecule has 2 fully saturated rings. The molecule has 0 aliphatic heterocycles. The summed E-state index contributed by atoms with van der Waals surface area (Å²) in [7, 11) is 0. The average molecular weight is 210 g/mol. The molecule has 15 heavy (non-hydrogen) atoms. The highest BCUT2D eigenvalue weighted by Gasteiger charge is 2.25. The number of carbonyl (C=O) groups is 2. The molecule has 0 atom stereocenters. The van der Waals surface area contributed by atoms with Crippen LogP contribution in [-0.2, 0) is 14.3 Å². The second kappa shape index (κ2) is 4.88. The van der Waals surface area contributed by atoms with Crippen molar-refractivity contribution in [2.75, 3.05) is 0 Å². The fourth-order valence-corrected chi connectivity index (χ4v) is 2.37. The van der Waals surface area contributed by atoms with Crippen molar-refractivity contribution in [1.82, 2.24) is 0 Å². The second-order valence-corrected chi connectivity index (χ2v) is 4.61. The number of hydrogen-bond acceptors (Lipinski definition) is 3. The summed E-state index contributed by atoms with van der Waals surface area (Å²) in [6, 6.07) is 0. The zero-order valence-corrected chi connectivity index (χ0v) is 9.04. The lowest BCUT2D eigenvalue weighted by molar-refractivity contribution is -0.128. The lowest BCUT2D eigenvalue weighted by Crippen LogP contribution is -2.29. The lowest BCUT2D eigenvalue weighted by atomic mass is 9.94. The van der Waals surface area contributed by atoms with Crippen LogP contribution >= 0.6 is 0 Å². The zero-order valence-electron chi connectivity index (χ0n) is 9.04. The Hall–Kier alpha value is -0.700. The zero-order chi connectivity index (χ0) is 10.7. The third kappa shape index (κ3) is 3.13. The van der Waals surface area contributed by atoms with Crippen LogP contribution in [0.1, 0.15) is 51.4 Å². The van der Waals surface area contributed by atoms with Gasteiger partial charge in [0.2, 0.25) is 0 Å². The van der Waals surface area contributed by atoms with Gasteiger partial charge in [-0.05, 0) is 25.7 Å². The van der Waals surface area contributed by atoms with Gasteiger partial charge >= 0.3 is 0 Å². The number of carbonyl (C=O) groups excluding carboxylic acids is 2. The first-order valence-corrected chi connectivity index (χ1v) is 5.93. The standard InChI is InChI=1S/C12H18O3/c13-9-1-5-11(6-2-9)15-12-7-3-10(14)4-8-12/h11-12H,1-8H2. The fourth-order valence-electron chi connectivity index (χ4n) is 2.37. The van der Waals surface area contributed by atoms with E-state index in [9.17, 15) is 9.59 Å². The van der Waals surface area contributed by atoms with Crippen molar-refractivity contribution in [3.63, 3.8) is 0 Å². The Labute approximate surface area is 90.2 Å². The van der Waals surface area contributed by atoms with Crippen LogP contribution in [0.2, 0.25) is 0 Å². The number of Topliss-reactive ketones (excluding diaryl/α,β-unsaturated/α-hetero) is 2. The number of hydrogen-bond donors (Lipinski definition) is 0. The van der Waals surface area contributed by atoms with Gasteiger partial charge in [-0.25, -0.2) is 0 Å². The van der Waals surface area contributed by atoms with Crippen LogP contribution in [0.4, 0.5) is 0 Å². The summed E-state index contributed by atoms with van der Waals surface area (Å²) in [6.45, 7) is 0. The summed E-state index contributed by atoms with van der Waals surface area (Å²) < 4.78 is 5.92. The van der Waals surface area contributed by atoms with Gasteiger partial charge in [-0.3, -0.25) is 9.59 Å². The van der Waals surface area contributed by atoms with Gasteiger partial charge < -0.3 is 4.74 Å². The smallest absolute Gasteiger partial charge is 0.133 e. The van der Waals surface area contributed by atoms with E-state index in [4.69, 9.17) is 4.74 Å². The van der Waals surface area contributed by atoms with Crippen LogP contribution in [0, 0.1) is 0 Å². The van der Waals surface area contributed by atoms with E-state index in [1.54, 1.807) is 0 Å².